The second kappa shape index (κ2) is 4.72. The van der Waals surface area contributed by atoms with E-state index in [0.29, 0.717) is 12.6 Å². The molecule has 2 N–H and O–H groups in total. The van der Waals surface area contributed by atoms with Gasteiger partial charge in [0.25, 0.3) is 0 Å². The van der Waals surface area contributed by atoms with Gasteiger partial charge in [-0.15, -0.1) is 11.3 Å². The van der Waals surface area contributed by atoms with Crippen LogP contribution in [0.4, 0.5) is 0 Å². The smallest absolute Gasteiger partial charge is 0.234 e. The number of thiazole rings is 1. The number of nitrogens with one attached hydrogen (secondary N) is 2. The molecule has 0 aromatic carbocycles. The van der Waals surface area contributed by atoms with Crippen LogP contribution < -0.4 is 10.6 Å². The van der Waals surface area contributed by atoms with Gasteiger partial charge in [-0.3, -0.25) is 9.78 Å². The molecule has 0 spiro atoms. The molecule has 0 saturated heterocycles. The van der Waals surface area contributed by atoms with Crippen molar-refractivity contribution >= 4 is 17.2 Å². The number of hydrogen-bond acceptors (Lipinski definition) is 4. The topological polar surface area (TPSA) is 54.0 Å². The lowest BCUT2D eigenvalue weighted by molar-refractivity contribution is -0.120. The van der Waals surface area contributed by atoms with Crippen LogP contribution in [0.5, 0.6) is 0 Å². The molecule has 5 heteroatoms. The molecule has 1 aromatic rings. The van der Waals surface area contributed by atoms with Crippen LogP contribution in [0.15, 0.2) is 11.7 Å². The molecule has 1 aliphatic carbocycles. The average Bonchev–Trinajstić information content (AvgIpc) is 2.86. The van der Waals surface area contributed by atoms with Gasteiger partial charge >= 0.3 is 0 Å². The summed E-state index contributed by atoms with van der Waals surface area (Å²) in [5.74, 6) is 0.0915. The molecule has 1 amide bonds. The molecular formula is C10H15N3OS. The van der Waals surface area contributed by atoms with Crippen molar-refractivity contribution < 1.29 is 4.79 Å². The number of aromatic nitrogens is 1. The predicted octanol–water partition coefficient (Wildman–Crippen LogP) is 1.07. The Hall–Kier alpha value is -0.940. The lowest BCUT2D eigenvalue weighted by atomic mass is 10.3. The Morgan fingerprint density at radius 1 is 1.73 bits per heavy atom. The van der Waals surface area contributed by atoms with Gasteiger partial charge in [-0.1, -0.05) is 0 Å². The molecule has 1 aromatic heterocycles. The van der Waals surface area contributed by atoms with E-state index in [4.69, 9.17) is 0 Å². The molecule has 82 valence electrons. The fourth-order valence-electron chi connectivity index (χ4n) is 1.29. The van der Waals surface area contributed by atoms with E-state index >= 15 is 0 Å². The molecule has 0 radical (unpaired) electrons. The lowest BCUT2D eigenvalue weighted by Crippen LogP contribution is -2.35. The fourth-order valence-corrected chi connectivity index (χ4v) is 1.94. The van der Waals surface area contributed by atoms with Crippen molar-refractivity contribution in [3.8, 4) is 0 Å². The van der Waals surface area contributed by atoms with Crippen LogP contribution in [0, 0.1) is 0 Å². The highest BCUT2D eigenvalue weighted by molar-refractivity contribution is 7.09. The molecule has 1 atom stereocenters. The molecule has 1 heterocycles. The standard InChI is InChI=1S/C10H15N3OS/c1-7(9-4-11-6-15-9)12-5-10(14)13-8-2-3-8/h4,6-8,12H,2-3,5H2,1H3,(H,13,14). The summed E-state index contributed by atoms with van der Waals surface area (Å²) in [5, 5.41) is 6.12. The van der Waals surface area contributed by atoms with Gasteiger partial charge in [-0.05, 0) is 19.8 Å². The molecule has 4 nitrogen and oxygen atoms in total. The maximum Gasteiger partial charge on any atom is 0.234 e. The highest BCUT2D eigenvalue weighted by Gasteiger charge is 2.23. The molecule has 1 fully saturated rings. The number of nitrogens with zero attached hydrogens (tertiary/aromatic N) is 1. The predicted molar refractivity (Wildman–Crippen MR) is 59.7 cm³/mol. The highest BCUT2D eigenvalue weighted by atomic mass is 32.1. The molecule has 15 heavy (non-hydrogen) atoms. The first-order valence-corrected chi connectivity index (χ1v) is 6.05. The van der Waals surface area contributed by atoms with Gasteiger partial charge in [0.2, 0.25) is 5.91 Å². The summed E-state index contributed by atoms with van der Waals surface area (Å²) >= 11 is 1.60. The quantitative estimate of drug-likeness (QED) is 0.788. The Balaban J connectivity index is 1.70. The largest absolute Gasteiger partial charge is 0.352 e. The van der Waals surface area contributed by atoms with Crippen molar-refractivity contribution in [2.75, 3.05) is 6.54 Å². The van der Waals surface area contributed by atoms with E-state index in [1.54, 1.807) is 16.8 Å². The lowest BCUT2D eigenvalue weighted by Gasteiger charge is -2.11. The van der Waals surface area contributed by atoms with Crippen molar-refractivity contribution in [3.63, 3.8) is 0 Å². The van der Waals surface area contributed by atoms with E-state index in [2.05, 4.69) is 15.6 Å². The summed E-state index contributed by atoms with van der Waals surface area (Å²) in [7, 11) is 0. The number of amides is 1. The Bertz CT molecular complexity index is 321. The Morgan fingerprint density at radius 3 is 3.13 bits per heavy atom. The summed E-state index contributed by atoms with van der Waals surface area (Å²) < 4.78 is 0. The minimum absolute atomic E-state index is 0.0915. The maximum absolute atomic E-state index is 11.4. The summed E-state index contributed by atoms with van der Waals surface area (Å²) in [6.45, 7) is 2.42. The Kier molecular flexibility index (Phi) is 3.33. The van der Waals surface area contributed by atoms with E-state index in [1.807, 2.05) is 13.1 Å². The molecule has 0 aliphatic heterocycles. The van der Waals surface area contributed by atoms with Crippen molar-refractivity contribution in [2.45, 2.75) is 31.8 Å². The average molecular weight is 225 g/mol. The van der Waals surface area contributed by atoms with Crippen LogP contribution in [0.1, 0.15) is 30.7 Å². The minimum Gasteiger partial charge on any atom is -0.352 e. The maximum atomic E-state index is 11.4. The van der Waals surface area contributed by atoms with Crippen LogP contribution in [-0.2, 0) is 4.79 Å². The molecule has 0 bridgehead atoms. The van der Waals surface area contributed by atoms with Gasteiger partial charge in [0.05, 0.1) is 12.1 Å². The van der Waals surface area contributed by atoms with Gasteiger partial charge in [-0.25, -0.2) is 0 Å². The number of carbonyl (C=O) groups excluding carboxylic acids is 1. The highest BCUT2D eigenvalue weighted by Crippen LogP contribution is 2.18. The molecular weight excluding hydrogens is 210 g/mol. The van der Waals surface area contributed by atoms with Gasteiger partial charge in [0.1, 0.15) is 0 Å². The molecule has 1 unspecified atom stereocenters. The van der Waals surface area contributed by atoms with Crippen LogP contribution in [0.2, 0.25) is 0 Å². The first-order chi connectivity index (χ1) is 7.25. The number of carbonyl (C=O) groups is 1. The van der Waals surface area contributed by atoms with Gasteiger partial charge in [0, 0.05) is 23.2 Å². The fraction of sp³-hybridized carbons (Fsp3) is 0.600. The van der Waals surface area contributed by atoms with Crippen LogP contribution in [-0.4, -0.2) is 23.5 Å². The van der Waals surface area contributed by atoms with Gasteiger partial charge in [-0.2, -0.15) is 0 Å². The van der Waals surface area contributed by atoms with Gasteiger partial charge in [0.15, 0.2) is 0 Å². The molecule has 1 aliphatic rings. The Morgan fingerprint density at radius 2 is 2.53 bits per heavy atom. The SMILES string of the molecule is CC(NCC(=O)NC1CC1)c1cncs1. The van der Waals surface area contributed by atoms with Crippen LogP contribution in [0.25, 0.3) is 0 Å². The second-order valence-electron chi connectivity index (χ2n) is 3.85. The second-order valence-corrected chi connectivity index (χ2v) is 4.77. The first kappa shape index (κ1) is 10.6. The zero-order valence-corrected chi connectivity index (χ0v) is 9.51. The first-order valence-electron chi connectivity index (χ1n) is 5.17. The van der Waals surface area contributed by atoms with E-state index in [-0.39, 0.29) is 11.9 Å². The van der Waals surface area contributed by atoms with E-state index < -0.39 is 0 Å². The molecule has 1 saturated carbocycles. The summed E-state index contributed by atoms with van der Waals surface area (Å²) in [6, 6.07) is 0.639. The van der Waals surface area contributed by atoms with Gasteiger partial charge < -0.3 is 10.6 Å². The normalized spacial score (nSPS) is 17.4. The van der Waals surface area contributed by atoms with Crippen LogP contribution in [0.3, 0.4) is 0 Å². The zero-order valence-electron chi connectivity index (χ0n) is 8.69. The van der Waals surface area contributed by atoms with Crippen LogP contribution >= 0.6 is 11.3 Å². The zero-order chi connectivity index (χ0) is 10.7. The van der Waals surface area contributed by atoms with Crippen molar-refractivity contribution in [2.24, 2.45) is 0 Å². The third-order valence-corrected chi connectivity index (χ3v) is 3.35. The van der Waals surface area contributed by atoms with E-state index in [0.717, 1.165) is 17.7 Å². The van der Waals surface area contributed by atoms with Crippen molar-refractivity contribution in [3.05, 3.63) is 16.6 Å². The summed E-state index contributed by atoms with van der Waals surface area (Å²) in [5.41, 5.74) is 1.80. The van der Waals surface area contributed by atoms with Crippen molar-refractivity contribution in [1.29, 1.82) is 0 Å². The third kappa shape index (κ3) is 3.28. The van der Waals surface area contributed by atoms with Crippen molar-refractivity contribution in [1.82, 2.24) is 15.6 Å². The number of rotatable bonds is 5. The monoisotopic (exact) mass is 225 g/mol. The Labute approximate surface area is 93.1 Å². The molecule has 2 rings (SSSR count). The summed E-state index contributed by atoms with van der Waals surface area (Å²) in [4.78, 5) is 16.5. The van der Waals surface area contributed by atoms with E-state index in [1.165, 1.54) is 0 Å². The summed E-state index contributed by atoms with van der Waals surface area (Å²) in [6.07, 6.45) is 4.10. The minimum atomic E-state index is 0.0915. The van der Waals surface area contributed by atoms with E-state index in [9.17, 15) is 4.79 Å². The number of hydrogen-bond donors (Lipinski definition) is 2. The third-order valence-electron chi connectivity index (χ3n) is 2.39.